The predicted octanol–water partition coefficient (Wildman–Crippen LogP) is 2.88. The molecule has 2 saturated heterocycles. The molecule has 1 atom stereocenters. The van der Waals surface area contributed by atoms with Crippen LogP contribution in [0.25, 0.3) is 0 Å². The van der Waals surface area contributed by atoms with E-state index in [-0.39, 0.29) is 5.91 Å². The van der Waals surface area contributed by atoms with Gasteiger partial charge >= 0.3 is 0 Å². The lowest BCUT2D eigenvalue weighted by Gasteiger charge is -2.24. The van der Waals surface area contributed by atoms with E-state index in [0.29, 0.717) is 19.0 Å². The maximum Gasteiger partial charge on any atom is 0.222 e. The molecule has 4 rings (SSSR count). The van der Waals surface area contributed by atoms with Crippen molar-refractivity contribution in [2.24, 2.45) is 4.99 Å². The van der Waals surface area contributed by atoms with Crippen molar-refractivity contribution in [2.45, 2.75) is 77.0 Å². The quantitative estimate of drug-likeness (QED) is 0.535. The Bertz CT molecular complexity index is 726. The van der Waals surface area contributed by atoms with Gasteiger partial charge in [0.2, 0.25) is 5.91 Å². The summed E-state index contributed by atoms with van der Waals surface area (Å²) in [5, 5.41) is 7.06. The fraction of sp³-hybridized carbons (Fsp3) is 0.667. The van der Waals surface area contributed by atoms with Crippen LogP contribution in [0.2, 0.25) is 0 Å². The van der Waals surface area contributed by atoms with Crippen molar-refractivity contribution in [3.05, 3.63) is 35.4 Å². The van der Waals surface area contributed by atoms with E-state index < -0.39 is 0 Å². The van der Waals surface area contributed by atoms with Crippen molar-refractivity contribution >= 4 is 11.9 Å². The Labute approximate surface area is 181 Å². The Kier molecular flexibility index (Phi) is 7.26. The van der Waals surface area contributed by atoms with Gasteiger partial charge in [0.1, 0.15) is 0 Å². The molecule has 3 fully saturated rings. The van der Waals surface area contributed by atoms with E-state index in [0.717, 1.165) is 44.6 Å². The van der Waals surface area contributed by atoms with Crippen molar-refractivity contribution in [1.29, 1.82) is 0 Å². The molecule has 0 spiro atoms. The third-order valence-corrected chi connectivity index (χ3v) is 6.73. The van der Waals surface area contributed by atoms with E-state index in [1.807, 2.05) is 4.90 Å². The van der Waals surface area contributed by atoms with Crippen LogP contribution < -0.4 is 10.6 Å². The average molecular weight is 412 g/mol. The summed E-state index contributed by atoms with van der Waals surface area (Å²) in [5.74, 6) is 1.20. The Morgan fingerprint density at radius 3 is 2.53 bits per heavy atom. The summed E-state index contributed by atoms with van der Waals surface area (Å²) in [6.45, 7) is 7.62. The van der Waals surface area contributed by atoms with Crippen molar-refractivity contribution < 1.29 is 4.79 Å². The van der Waals surface area contributed by atoms with Crippen LogP contribution >= 0.6 is 0 Å². The molecule has 3 aliphatic rings. The molecule has 0 bridgehead atoms. The highest BCUT2D eigenvalue weighted by atomic mass is 16.2. The fourth-order valence-corrected chi connectivity index (χ4v) is 5.03. The first kappa shape index (κ1) is 21.2. The molecule has 1 aromatic carbocycles. The second kappa shape index (κ2) is 10.3. The number of guanidine groups is 1. The van der Waals surface area contributed by atoms with Crippen molar-refractivity contribution in [3.8, 4) is 0 Å². The highest BCUT2D eigenvalue weighted by Crippen LogP contribution is 2.26. The van der Waals surface area contributed by atoms with Crippen LogP contribution in [0.5, 0.6) is 0 Å². The zero-order valence-electron chi connectivity index (χ0n) is 18.4. The maximum absolute atomic E-state index is 11.8. The molecule has 2 heterocycles. The molecule has 1 saturated carbocycles. The van der Waals surface area contributed by atoms with E-state index in [2.05, 4.69) is 46.7 Å². The number of nitrogens with zero attached hydrogens (tertiary/aromatic N) is 3. The van der Waals surface area contributed by atoms with Gasteiger partial charge in [0.25, 0.3) is 0 Å². The lowest BCUT2D eigenvalue weighted by molar-refractivity contribution is -0.128. The van der Waals surface area contributed by atoms with Gasteiger partial charge in [-0.1, -0.05) is 37.1 Å². The SMILES string of the molecule is CCNC(=NCc1ccc(CN2CCCC2=O)cc1)NC1CCN(C2CCCC2)C1. The second-order valence-electron chi connectivity index (χ2n) is 8.99. The largest absolute Gasteiger partial charge is 0.357 e. The molecule has 1 unspecified atom stereocenters. The topological polar surface area (TPSA) is 60.0 Å². The first-order valence-corrected chi connectivity index (χ1v) is 11.9. The van der Waals surface area contributed by atoms with Gasteiger partial charge in [-0.05, 0) is 43.7 Å². The van der Waals surface area contributed by atoms with Gasteiger partial charge in [0.15, 0.2) is 5.96 Å². The van der Waals surface area contributed by atoms with Crippen LogP contribution in [0, 0.1) is 0 Å². The molecular formula is C24H37N5O. The minimum absolute atomic E-state index is 0.281. The van der Waals surface area contributed by atoms with Gasteiger partial charge in [-0.2, -0.15) is 0 Å². The monoisotopic (exact) mass is 411 g/mol. The van der Waals surface area contributed by atoms with Gasteiger partial charge in [0.05, 0.1) is 6.54 Å². The van der Waals surface area contributed by atoms with Gasteiger partial charge in [-0.15, -0.1) is 0 Å². The third kappa shape index (κ3) is 5.54. The number of benzene rings is 1. The van der Waals surface area contributed by atoms with Crippen LogP contribution in [-0.2, 0) is 17.9 Å². The number of amides is 1. The molecule has 1 aromatic rings. The number of hydrogen-bond donors (Lipinski definition) is 2. The third-order valence-electron chi connectivity index (χ3n) is 6.73. The molecule has 1 aliphatic carbocycles. The first-order valence-electron chi connectivity index (χ1n) is 11.9. The number of hydrogen-bond acceptors (Lipinski definition) is 3. The van der Waals surface area contributed by atoms with E-state index >= 15 is 0 Å². The minimum Gasteiger partial charge on any atom is -0.357 e. The minimum atomic E-state index is 0.281. The summed E-state index contributed by atoms with van der Waals surface area (Å²) < 4.78 is 0. The zero-order valence-corrected chi connectivity index (χ0v) is 18.4. The number of nitrogens with one attached hydrogen (secondary N) is 2. The summed E-state index contributed by atoms with van der Waals surface area (Å²) in [6.07, 6.45) is 8.45. The summed E-state index contributed by atoms with van der Waals surface area (Å²) in [6, 6.07) is 9.84. The van der Waals surface area contributed by atoms with Gasteiger partial charge in [-0.25, -0.2) is 4.99 Å². The summed E-state index contributed by atoms with van der Waals surface area (Å²) in [7, 11) is 0. The second-order valence-corrected chi connectivity index (χ2v) is 8.99. The standard InChI is InChI=1S/C24H37N5O/c1-2-25-24(27-21-13-15-28(18-21)22-6-3-4-7-22)26-16-19-9-11-20(12-10-19)17-29-14-5-8-23(29)30/h9-12,21-22H,2-8,13-18H2,1H3,(H2,25,26,27). The van der Waals surface area contributed by atoms with E-state index in [1.54, 1.807) is 0 Å². The smallest absolute Gasteiger partial charge is 0.222 e. The lowest BCUT2D eigenvalue weighted by Crippen LogP contribution is -2.45. The average Bonchev–Trinajstić information content (AvgIpc) is 3.50. The van der Waals surface area contributed by atoms with Crippen molar-refractivity contribution in [1.82, 2.24) is 20.4 Å². The van der Waals surface area contributed by atoms with Crippen LogP contribution in [0.1, 0.15) is 63.0 Å². The molecule has 164 valence electrons. The maximum atomic E-state index is 11.8. The molecule has 30 heavy (non-hydrogen) atoms. The highest BCUT2D eigenvalue weighted by Gasteiger charge is 2.30. The van der Waals surface area contributed by atoms with Crippen LogP contribution in [0.4, 0.5) is 0 Å². The molecule has 0 aromatic heterocycles. The van der Waals surface area contributed by atoms with E-state index in [4.69, 9.17) is 4.99 Å². The molecule has 2 N–H and O–H groups in total. The van der Waals surface area contributed by atoms with Crippen LogP contribution in [-0.4, -0.2) is 59.9 Å². The van der Waals surface area contributed by atoms with Crippen LogP contribution in [0.3, 0.4) is 0 Å². The van der Waals surface area contributed by atoms with Gasteiger partial charge in [-0.3, -0.25) is 9.69 Å². The number of carbonyl (C=O) groups is 1. The fourth-order valence-electron chi connectivity index (χ4n) is 5.03. The summed E-state index contributed by atoms with van der Waals surface area (Å²) >= 11 is 0. The number of aliphatic imine (C=N–C) groups is 1. The zero-order chi connectivity index (χ0) is 20.8. The Hall–Kier alpha value is -2.08. The van der Waals surface area contributed by atoms with Crippen molar-refractivity contribution in [2.75, 3.05) is 26.2 Å². The number of rotatable bonds is 7. The molecule has 6 heteroatoms. The Morgan fingerprint density at radius 2 is 1.83 bits per heavy atom. The normalized spacial score (nSPS) is 23.5. The first-order chi connectivity index (χ1) is 14.7. The van der Waals surface area contributed by atoms with E-state index in [1.165, 1.54) is 49.8 Å². The highest BCUT2D eigenvalue weighted by molar-refractivity contribution is 5.80. The Balaban J connectivity index is 1.28. The molecule has 2 aliphatic heterocycles. The van der Waals surface area contributed by atoms with Crippen molar-refractivity contribution in [3.63, 3.8) is 0 Å². The summed E-state index contributed by atoms with van der Waals surface area (Å²) in [5.41, 5.74) is 2.39. The van der Waals surface area contributed by atoms with E-state index in [9.17, 15) is 4.79 Å². The number of likely N-dealkylation sites (tertiary alicyclic amines) is 2. The molecule has 6 nitrogen and oxygen atoms in total. The Morgan fingerprint density at radius 1 is 1.07 bits per heavy atom. The molecular weight excluding hydrogens is 374 g/mol. The van der Waals surface area contributed by atoms with Crippen LogP contribution in [0.15, 0.2) is 29.3 Å². The summed E-state index contributed by atoms with van der Waals surface area (Å²) in [4.78, 5) is 21.3. The molecule has 1 amide bonds. The molecule has 0 radical (unpaired) electrons. The van der Waals surface area contributed by atoms with Gasteiger partial charge < -0.3 is 15.5 Å². The predicted molar refractivity (Wildman–Crippen MR) is 121 cm³/mol. The van der Waals surface area contributed by atoms with Gasteiger partial charge in [0, 0.05) is 51.2 Å². The lowest BCUT2D eigenvalue weighted by atomic mass is 10.1. The number of carbonyl (C=O) groups excluding carboxylic acids is 1.